The molecular weight excluding hydrogens is 414 g/mol. The van der Waals surface area contributed by atoms with E-state index in [0.717, 1.165) is 16.9 Å². The van der Waals surface area contributed by atoms with Crippen LogP contribution in [-0.2, 0) is 4.74 Å². The molecule has 8 heteroatoms. The van der Waals surface area contributed by atoms with Gasteiger partial charge in [0.1, 0.15) is 22.7 Å². The van der Waals surface area contributed by atoms with Crippen molar-refractivity contribution in [3.8, 4) is 5.75 Å². The van der Waals surface area contributed by atoms with Crippen molar-refractivity contribution in [1.82, 2.24) is 9.97 Å². The fourth-order valence-electron chi connectivity index (χ4n) is 4.24. The number of carbonyl (C=O) groups is 2. The molecule has 7 nitrogen and oxygen atoms in total. The molecule has 0 unspecified atom stereocenters. The number of anilines is 1. The van der Waals surface area contributed by atoms with Gasteiger partial charge in [-0.2, -0.15) is 0 Å². The van der Waals surface area contributed by atoms with Gasteiger partial charge in [-0.15, -0.1) is 0 Å². The zero-order chi connectivity index (χ0) is 22.2. The Morgan fingerprint density at radius 3 is 2.71 bits per heavy atom. The molecule has 1 aromatic carbocycles. The van der Waals surface area contributed by atoms with Crippen molar-refractivity contribution in [3.63, 3.8) is 0 Å². The van der Waals surface area contributed by atoms with Crippen LogP contribution >= 0.6 is 11.8 Å². The summed E-state index contributed by atoms with van der Waals surface area (Å²) < 4.78 is 11.7. The summed E-state index contributed by atoms with van der Waals surface area (Å²) in [5.41, 5.74) is 2.68. The lowest BCUT2D eigenvalue weighted by molar-refractivity contribution is 0.0224. The van der Waals surface area contributed by atoms with Crippen LogP contribution in [0.15, 0.2) is 23.5 Å². The predicted molar refractivity (Wildman–Crippen MR) is 119 cm³/mol. The van der Waals surface area contributed by atoms with Gasteiger partial charge in [0.05, 0.1) is 18.6 Å². The molecule has 2 aliphatic rings. The molecule has 0 saturated carbocycles. The molecule has 0 radical (unpaired) electrons. The summed E-state index contributed by atoms with van der Waals surface area (Å²) in [6.07, 6.45) is 5.16. The van der Waals surface area contributed by atoms with Gasteiger partial charge in [0, 0.05) is 32.1 Å². The molecule has 0 aliphatic carbocycles. The van der Waals surface area contributed by atoms with Crippen LogP contribution in [0.4, 0.5) is 5.82 Å². The largest absolute Gasteiger partial charge is 0.486 e. The smallest absolute Gasteiger partial charge is 0.343 e. The Labute approximate surface area is 186 Å². The number of thioether (sulfide) groups is 1. The Morgan fingerprint density at radius 2 is 2.03 bits per heavy atom. The number of hydrogen-bond donors (Lipinski definition) is 0. The maximum atomic E-state index is 12.9. The van der Waals surface area contributed by atoms with Crippen LogP contribution in [0.5, 0.6) is 5.75 Å². The third kappa shape index (κ3) is 4.01. The van der Waals surface area contributed by atoms with Gasteiger partial charge < -0.3 is 14.4 Å². The summed E-state index contributed by atoms with van der Waals surface area (Å²) in [6, 6.07) is 3.85. The number of aryl methyl sites for hydroxylation is 1. The summed E-state index contributed by atoms with van der Waals surface area (Å²) in [7, 11) is 0. The number of esters is 1. The van der Waals surface area contributed by atoms with Crippen molar-refractivity contribution in [2.75, 3.05) is 30.9 Å². The van der Waals surface area contributed by atoms with E-state index in [9.17, 15) is 9.59 Å². The average Bonchev–Trinajstić information content (AvgIpc) is 2.77. The number of benzene rings is 1. The number of ketones is 1. The number of carbonyl (C=O) groups excluding carboxylic acids is 2. The van der Waals surface area contributed by atoms with E-state index in [-0.39, 0.29) is 5.78 Å². The normalized spacial score (nSPS) is 17.3. The van der Waals surface area contributed by atoms with Crippen LogP contribution in [0, 0.1) is 13.8 Å². The van der Waals surface area contributed by atoms with Crippen molar-refractivity contribution in [2.24, 2.45) is 0 Å². The first kappa shape index (κ1) is 21.6. The van der Waals surface area contributed by atoms with E-state index >= 15 is 0 Å². The van der Waals surface area contributed by atoms with E-state index in [1.165, 1.54) is 11.8 Å². The molecule has 3 heterocycles. The third-order valence-corrected chi connectivity index (χ3v) is 6.74. The molecule has 1 aromatic heterocycles. The van der Waals surface area contributed by atoms with E-state index in [4.69, 9.17) is 9.47 Å². The number of nitrogens with zero attached hydrogens (tertiary/aromatic N) is 3. The highest BCUT2D eigenvalue weighted by molar-refractivity contribution is 7.98. The molecule has 1 saturated heterocycles. The second kappa shape index (κ2) is 8.49. The summed E-state index contributed by atoms with van der Waals surface area (Å²) in [4.78, 5) is 36.3. The minimum atomic E-state index is -0.515. The Balaban J connectivity index is 1.59. The molecule has 4 rings (SSSR count). The fraction of sp³-hybridized carbons (Fsp3) is 0.478. The zero-order valence-corrected chi connectivity index (χ0v) is 19.2. The van der Waals surface area contributed by atoms with Crippen LogP contribution in [0.1, 0.15) is 58.0 Å². The number of ether oxygens (including phenoxy) is 2. The van der Waals surface area contributed by atoms with Gasteiger partial charge in [-0.25, -0.2) is 14.8 Å². The van der Waals surface area contributed by atoms with Gasteiger partial charge >= 0.3 is 5.97 Å². The molecule has 164 valence electrons. The van der Waals surface area contributed by atoms with Gasteiger partial charge in [0.2, 0.25) is 0 Å². The minimum Gasteiger partial charge on any atom is -0.486 e. The lowest BCUT2D eigenvalue weighted by Crippen LogP contribution is -2.51. The Morgan fingerprint density at radius 1 is 1.29 bits per heavy atom. The second-order valence-electron chi connectivity index (χ2n) is 8.07. The summed E-state index contributed by atoms with van der Waals surface area (Å²) in [6.45, 7) is 7.36. The van der Waals surface area contributed by atoms with Crippen molar-refractivity contribution < 1.29 is 19.1 Å². The first-order valence-electron chi connectivity index (χ1n) is 10.5. The second-order valence-corrected chi connectivity index (χ2v) is 8.84. The maximum Gasteiger partial charge on any atom is 0.343 e. The zero-order valence-electron chi connectivity index (χ0n) is 18.4. The highest BCUT2D eigenvalue weighted by Crippen LogP contribution is 2.42. The first-order chi connectivity index (χ1) is 14.9. The van der Waals surface area contributed by atoms with Crippen molar-refractivity contribution in [3.05, 3.63) is 40.6 Å². The Bertz CT molecular complexity index is 1030. The van der Waals surface area contributed by atoms with E-state index in [1.807, 2.05) is 32.2 Å². The highest BCUT2D eigenvalue weighted by Gasteiger charge is 2.44. The van der Waals surface area contributed by atoms with Crippen molar-refractivity contribution in [2.45, 2.75) is 50.8 Å². The summed E-state index contributed by atoms with van der Waals surface area (Å²) >= 11 is 1.43. The van der Waals surface area contributed by atoms with Crippen LogP contribution in [0.3, 0.4) is 0 Å². The number of rotatable bonds is 4. The van der Waals surface area contributed by atoms with Crippen molar-refractivity contribution >= 4 is 29.3 Å². The lowest BCUT2D eigenvalue weighted by Gasteiger charge is -2.45. The van der Waals surface area contributed by atoms with Crippen LogP contribution < -0.4 is 9.64 Å². The minimum absolute atomic E-state index is 0.136. The molecule has 1 spiro atoms. The molecule has 31 heavy (non-hydrogen) atoms. The molecule has 0 bridgehead atoms. The topological polar surface area (TPSA) is 81.6 Å². The van der Waals surface area contributed by atoms with Crippen LogP contribution in [0.2, 0.25) is 0 Å². The molecule has 2 aromatic rings. The van der Waals surface area contributed by atoms with Crippen LogP contribution in [0.25, 0.3) is 0 Å². The number of Topliss-reactive ketones (excluding diaryl/α,β-unsaturated/α-hetero) is 1. The molecule has 0 N–H and O–H groups in total. The molecule has 0 atom stereocenters. The van der Waals surface area contributed by atoms with Crippen LogP contribution in [-0.4, -0.2) is 53.3 Å². The quantitative estimate of drug-likeness (QED) is 0.400. The number of fused-ring (bicyclic) bond motifs is 1. The maximum absolute atomic E-state index is 12.9. The standard InChI is InChI=1S/C23H27N3O4S/c1-5-29-21(28)17-13-24-22(31-4)25-20(17)26-10-8-23(9-11-26)12-18(27)16-7-6-14(2)15(3)19(16)30-23/h6-7,13H,5,8-12H2,1-4H3. The van der Waals surface area contributed by atoms with E-state index in [2.05, 4.69) is 14.9 Å². The van der Waals surface area contributed by atoms with Gasteiger partial charge in [-0.1, -0.05) is 17.8 Å². The third-order valence-electron chi connectivity index (χ3n) is 6.18. The first-order valence-corrected chi connectivity index (χ1v) is 11.8. The van der Waals surface area contributed by atoms with Gasteiger partial charge in [0.25, 0.3) is 0 Å². The average molecular weight is 442 g/mol. The predicted octanol–water partition coefficient (Wildman–Crippen LogP) is 4.00. The molecule has 1 fully saturated rings. The molecule has 0 amide bonds. The Kier molecular flexibility index (Phi) is 5.92. The van der Waals surface area contributed by atoms with Gasteiger partial charge in [-0.05, 0) is 44.2 Å². The summed E-state index contributed by atoms with van der Waals surface area (Å²) in [5.74, 6) is 1.03. The fourth-order valence-corrected chi connectivity index (χ4v) is 4.57. The van der Waals surface area contributed by atoms with E-state index < -0.39 is 11.6 Å². The molecule has 2 aliphatic heterocycles. The monoisotopic (exact) mass is 441 g/mol. The highest BCUT2D eigenvalue weighted by atomic mass is 32.2. The number of piperidine rings is 1. The van der Waals surface area contributed by atoms with E-state index in [1.54, 1.807) is 13.1 Å². The van der Waals surface area contributed by atoms with Gasteiger partial charge in [0.15, 0.2) is 10.9 Å². The van der Waals surface area contributed by atoms with Crippen molar-refractivity contribution in [1.29, 1.82) is 0 Å². The number of hydrogen-bond acceptors (Lipinski definition) is 8. The lowest BCUT2D eigenvalue weighted by atomic mass is 9.81. The summed E-state index contributed by atoms with van der Waals surface area (Å²) in [5, 5.41) is 0.604. The Hall–Kier alpha value is -2.61. The SMILES string of the molecule is CCOC(=O)c1cnc(SC)nc1N1CCC2(CC1)CC(=O)c1ccc(C)c(C)c1O2. The van der Waals surface area contributed by atoms with Gasteiger partial charge in [-0.3, -0.25) is 4.79 Å². The molecular formula is C23H27N3O4S. The van der Waals surface area contributed by atoms with E-state index in [0.29, 0.717) is 61.1 Å². The number of aromatic nitrogens is 2.